The lowest BCUT2D eigenvalue weighted by atomic mass is 10.0. The van der Waals surface area contributed by atoms with Crippen molar-refractivity contribution in [1.82, 2.24) is 4.31 Å². The summed E-state index contributed by atoms with van der Waals surface area (Å²) in [5, 5.41) is 5.90. The summed E-state index contributed by atoms with van der Waals surface area (Å²) in [6, 6.07) is 12.7. The Morgan fingerprint density at radius 3 is 2.52 bits per heavy atom. The fourth-order valence-electron chi connectivity index (χ4n) is 3.52. The first-order valence-corrected chi connectivity index (χ1v) is 12.2. The first-order chi connectivity index (χ1) is 14.8. The fraction of sp³-hybridized carbons (Fsp3) is 0.435. The third-order valence-electron chi connectivity index (χ3n) is 5.22. The molecule has 0 aliphatic carbocycles. The van der Waals surface area contributed by atoms with Gasteiger partial charge in [0.05, 0.1) is 13.2 Å². The number of rotatable bonds is 9. The zero-order valence-corrected chi connectivity index (χ0v) is 19.2. The molecule has 3 rings (SSSR count). The number of amides is 1. The molecular weight excluding hydrogens is 414 g/mol. The third-order valence-corrected chi connectivity index (χ3v) is 7.14. The van der Waals surface area contributed by atoms with Crippen molar-refractivity contribution in [2.45, 2.75) is 44.4 Å². The van der Waals surface area contributed by atoms with Crippen molar-refractivity contribution in [1.29, 1.82) is 0 Å². The van der Waals surface area contributed by atoms with Crippen molar-refractivity contribution in [3.63, 3.8) is 0 Å². The third kappa shape index (κ3) is 5.77. The highest BCUT2D eigenvalue weighted by atomic mass is 32.2. The van der Waals surface area contributed by atoms with Crippen molar-refractivity contribution >= 4 is 27.3 Å². The lowest BCUT2D eigenvalue weighted by Gasteiger charge is -2.19. The van der Waals surface area contributed by atoms with E-state index in [2.05, 4.69) is 24.5 Å². The maximum absolute atomic E-state index is 13.1. The van der Waals surface area contributed by atoms with Crippen LogP contribution in [0, 0.1) is 0 Å². The van der Waals surface area contributed by atoms with Crippen LogP contribution in [0.4, 0.5) is 11.4 Å². The molecule has 0 atom stereocenters. The first kappa shape index (κ1) is 23.1. The zero-order chi connectivity index (χ0) is 22.4. The van der Waals surface area contributed by atoms with Gasteiger partial charge in [-0.1, -0.05) is 26.0 Å². The Balaban J connectivity index is 1.71. The van der Waals surface area contributed by atoms with E-state index in [1.54, 1.807) is 18.2 Å². The van der Waals surface area contributed by atoms with E-state index in [4.69, 9.17) is 4.74 Å². The molecule has 0 bridgehead atoms. The summed E-state index contributed by atoms with van der Waals surface area (Å²) in [5.41, 5.74) is 2.43. The van der Waals surface area contributed by atoms with Gasteiger partial charge in [0.2, 0.25) is 15.9 Å². The number of carbonyl (C=O) groups excluding carboxylic acids is 1. The number of sulfonamides is 1. The average molecular weight is 446 g/mol. The molecule has 2 N–H and O–H groups in total. The zero-order valence-electron chi connectivity index (χ0n) is 18.3. The van der Waals surface area contributed by atoms with E-state index in [1.807, 2.05) is 31.2 Å². The van der Waals surface area contributed by atoms with E-state index in [1.165, 1.54) is 4.31 Å². The molecular formula is C23H31N3O4S. The van der Waals surface area contributed by atoms with Crippen LogP contribution < -0.4 is 15.4 Å². The minimum atomic E-state index is -3.65. The van der Waals surface area contributed by atoms with Gasteiger partial charge in [0.1, 0.15) is 10.6 Å². The summed E-state index contributed by atoms with van der Waals surface area (Å²) >= 11 is 0. The van der Waals surface area contributed by atoms with Crippen molar-refractivity contribution in [3.8, 4) is 5.75 Å². The predicted octanol–water partition coefficient (Wildman–Crippen LogP) is 4.04. The average Bonchev–Trinajstić information content (AvgIpc) is 3.29. The molecule has 1 aliphatic heterocycles. The van der Waals surface area contributed by atoms with Gasteiger partial charge in [-0.2, -0.15) is 4.31 Å². The molecule has 2 aromatic rings. The van der Waals surface area contributed by atoms with E-state index in [0.717, 1.165) is 24.1 Å². The Bertz CT molecular complexity index is 1020. The Morgan fingerprint density at radius 2 is 1.84 bits per heavy atom. The minimum Gasteiger partial charge on any atom is -0.492 e. The molecule has 2 aromatic carbocycles. The van der Waals surface area contributed by atoms with Crippen LogP contribution in [-0.4, -0.2) is 44.9 Å². The minimum absolute atomic E-state index is 0.0170. The van der Waals surface area contributed by atoms with Crippen LogP contribution in [0.15, 0.2) is 47.4 Å². The van der Waals surface area contributed by atoms with E-state index in [-0.39, 0.29) is 17.3 Å². The lowest BCUT2D eigenvalue weighted by Crippen LogP contribution is -2.28. The standard InChI is InChI=1S/C23H31N3O4S/c1-4-30-21-11-10-19(15-22(21)31(28,29)26-12-5-6-13-26)24-16-23(27)25-20-9-7-8-18(14-20)17(2)3/h7-11,14-15,17,24H,4-6,12-13,16H2,1-3H3,(H,25,27). The Labute approximate surface area is 184 Å². The van der Waals surface area contributed by atoms with Gasteiger partial charge in [0, 0.05) is 24.5 Å². The van der Waals surface area contributed by atoms with Crippen LogP contribution >= 0.6 is 0 Å². The molecule has 0 spiro atoms. The largest absolute Gasteiger partial charge is 0.492 e. The number of hydrogen-bond donors (Lipinski definition) is 2. The van der Waals surface area contributed by atoms with Crippen molar-refractivity contribution in [2.24, 2.45) is 0 Å². The van der Waals surface area contributed by atoms with Gasteiger partial charge in [-0.3, -0.25) is 4.79 Å². The number of hydrogen-bond acceptors (Lipinski definition) is 5. The van der Waals surface area contributed by atoms with Crippen LogP contribution in [0.5, 0.6) is 5.75 Å². The molecule has 0 radical (unpaired) electrons. The van der Waals surface area contributed by atoms with Gasteiger partial charge in [-0.15, -0.1) is 0 Å². The number of carbonyl (C=O) groups is 1. The maximum atomic E-state index is 13.1. The molecule has 1 aliphatic rings. The molecule has 0 saturated carbocycles. The second-order valence-corrected chi connectivity index (χ2v) is 9.79. The van der Waals surface area contributed by atoms with E-state index >= 15 is 0 Å². The molecule has 1 fully saturated rings. The van der Waals surface area contributed by atoms with E-state index in [0.29, 0.717) is 37.1 Å². The molecule has 0 aromatic heterocycles. The van der Waals surface area contributed by atoms with Crippen LogP contribution in [-0.2, 0) is 14.8 Å². The normalized spacial score (nSPS) is 14.6. The molecule has 7 nitrogen and oxygen atoms in total. The van der Waals surface area contributed by atoms with Crippen LogP contribution in [0.25, 0.3) is 0 Å². The van der Waals surface area contributed by atoms with Crippen LogP contribution in [0.1, 0.15) is 45.1 Å². The van der Waals surface area contributed by atoms with Gasteiger partial charge in [0.25, 0.3) is 0 Å². The molecule has 31 heavy (non-hydrogen) atoms. The SMILES string of the molecule is CCOc1ccc(NCC(=O)Nc2cccc(C(C)C)c2)cc1S(=O)(=O)N1CCCC1. The van der Waals surface area contributed by atoms with Crippen LogP contribution in [0.3, 0.4) is 0 Å². The summed E-state index contributed by atoms with van der Waals surface area (Å²) in [6.07, 6.45) is 1.72. The Kier molecular flexibility index (Phi) is 7.56. The highest BCUT2D eigenvalue weighted by Gasteiger charge is 2.30. The van der Waals surface area contributed by atoms with Gasteiger partial charge >= 0.3 is 0 Å². The number of benzene rings is 2. The second-order valence-electron chi connectivity index (χ2n) is 7.89. The smallest absolute Gasteiger partial charge is 0.246 e. The highest BCUT2D eigenvalue weighted by Crippen LogP contribution is 2.31. The van der Waals surface area contributed by atoms with Crippen LogP contribution in [0.2, 0.25) is 0 Å². The number of nitrogens with one attached hydrogen (secondary N) is 2. The molecule has 0 unspecified atom stereocenters. The van der Waals surface area contributed by atoms with Crippen molar-refractivity contribution in [2.75, 3.05) is 36.9 Å². The monoisotopic (exact) mass is 445 g/mol. The Morgan fingerprint density at radius 1 is 1.10 bits per heavy atom. The fourth-order valence-corrected chi connectivity index (χ4v) is 5.20. The molecule has 1 saturated heterocycles. The molecule has 168 valence electrons. The second kappa shape index (κ2) is 10.2. The summed E-state index contributed by atoms with van der Waals surface area (Å²) in [6.45, 7) is 7.43. The van der Waals surface area contributed by atoms with Crippen molar-refractivity contribution < 1.29 is 17.9 Å². The van der Waals surface area contributed by atoms with Gasteiger partial charge in [0.15, 0.2) is 0 Å². The highest BCUT2D eigenvalue weighted by molar-refractivity contribution is 7.89. The molecule has 1 amide bonds. The Hall–Kier alpha value is -2.58. The quantitative estimate of drug-likeness (QED) is 0.608. The summed E-state index contributed by atoms with van der Waals surface area (Å²) in [7, 11) is -3.65. The molecule has 1 heterocycles. The van der Waals surface area contributed by atoms with Crippen molar-refractivity contribution in [3.05, 3.63) is 48.0 Å². The summed E-state index contributed by atoms with van der Waals surface area (Å²) < 4.78 is 33.2. The topological polar surface area (TPSA) is 87.7 Å². The molecule has 8 heteroatoms. The van der Waals surface area contributed by atoms with E-state index < -0.39 is 10.0 Å². The predicted molar refractivity (Wildman–Crippen MR) is 123 cm³/mol. The maximum Gasteiger partial charge on any atom is 0.246 e. The van der Waals surface area contributed by atoms with E-state index in [9.17, 15) is 13.2 Å². The summed E-state index contributed by atoms with van der Waals surface area (Å²) in [4.78, 5) is 12.5. The number of anilines is 2. The number of ether oxygens (including phenoxy) is 1. The van der Waals surface area contributed by atoms with Gasteiger partial charge < -0.3 is 15.4 Å². The summed E-state index contributed by atoms with van der Waals surface area (Å²) in [5.74, 6) is 0.489. The van der Waals surface area contributed by atoms with Gasteiger partial charge in [-0.25, -0.2) is 8.42 Å². The first-order valence-electron chi connectivity index (χ1n) is 10.7. The lowest BCUT2D eigenvalue weighted by molar-refractivity contribution is -0.114. The van der Waals surface area contributed by atoms with Gasteiger partial charge in [-0.05, 0) is 61.6 Å². The number of nitrogens with zero attached hydrogens (tertiary/aromatic N) is 1.